The minimum Gasteiger partial charge on any atom is -0.369 e. The average Bonchev–Trinajstić information content (AvgIpc) is 3.07. The van der Waals surface area contributed by atoms with E-state index in [0.29, 0.717) is 17.4 Å². The topological polar surface area (TPSA) is 52.0 Å². The largest absolute Gasteiger partial charge is 0.369 e. The first kappa shape index (κ1) is 11.7. The molecule has 0 spiro atoms. The van der Waals surface area contributed by atoms with E-state index in [9.17, 15) is 5.26 Å². The molecule has 0 bridgehead atoms. The van der Waals surface area contributed by atoms with Crippen molar-refractivity contribution in [3.05, 3.63) is 36.0 Å². The zero-order valence-corrected chi connectivity index (χ0v) is 11.2. The van der Waals surface area contributed by atoms with Gasteiger partial charge in [-0.25, -0.2) is 0 Å². The second-order valence-corrected chi connectivity index (χ2v) is 5.73. The Bertz CT molecular complexity index is 691. The normalized spacial score (nSPS) is 24.9. The summed E-state index contributed by atoms with van der Waals surface area (Å²) in [5, 5.41) is 14.0. The number of pyridine rings is 1. The van der Waals surface area contributed by atoms with Gasteiger partial charge in [0.1, 0.15) is 6.07 Å². The van der Waals surface area contributed by atoms with Gasteiger partial charge in [-0.2, -0.15) is 5.26 Å². The van der Waals surface area contributed by atoms with Crippen molar-refractivity contribution in [2.24, 2.45) is 11.8 Å². The molecule has 2 unspecified atom stereocenters. The van der Waals surface area contributed by atoms with Crippen molar-refractivity contribution in [3.8, 4) is 6.07 Å². The lowest BCUT2D eigenvalue weighted by Gasteiger charge is -2.22. The van der Waals surface area contributed by atoms with Crippen LogP contribution in [-0.2, 0) is 0 Å². The molecular weight excluding hydrogens is 248 g/mol. The molecule has 2 atom stereocenters. The fourth-order valence-corrected chi connectivity index (χ4v) is 3.59. The van der Waals surface area contributed by atoms with E-state index in [-0.39, 0.29) is 0 Å². The van der Waals surface area contributed by atoms with E-state index >= 15 is 0 Å². The molecule has 1 aromatic heterocycles. The fraction of sp³-hybridized carbons (Fsp3) is 0.375. The molecule has 0 aliphatic carbocycles. The summed E-state index contributed by atoms with van der Waals surface area (Å²) in [7, 11) is 0. The van der Waals surface area contributed by atoms with Gasteiger partial charge in [0, 0.05) is 37.8 Å². The molecule has 2 aliphatic rings. The molecule has 20 heavy (non-hydrogen) atoms. The number of nitrogens with one attached hydrogen (secondary N) is 1. The standard InChI is InChI=1S/C16H16N4/c17-5-11-8-19-15-4-2-1-3-14(15)16(11)20-9-12-6-18-7-13(12)10-20/h1-4,8,12-13,18H,6-7,9-10H2. The Kier molecular flexibility index (Phi) is 2.61. The molecule has 100 valence electrons. The number of fused-ring (bicyclic) bond motifs is 2. The third kappa shape index (κ3) is 1.67. The lowest BCUT2D eigenvalue weighted by Crippen LogP contribution is -2.26. The van der Waals surface area contributed by atoms with Crippen LogP contribution in [0.3, 0.4) is 0 Å². The zero-order chi connectivity index (χ0) is 13.5. The number of anilines is 1. The van der Waals surface area contributed by atoms with Crippen molar-refractivity contribution in [1.82, 2.24) is 10.3 Å². The summed E-state index contributed by atoms with van der Waals surface area (Å²) in [6.07, 6.45) is 1.71. The minimum atomic E-state index is 0.691. The van der Waals surface area contributed by atoms with Crippen molar-refractivity contribution >= 4 is 16.6 Å². The van der Waals surface area contributed by atoms with Crippen molar-refractivity contribution in [2.45, 2.75) is 0 Å². The predicted molar refractivity (Wildman–Crippen MR) is 78.5 cm³/mol. The number of hydrogen-bond donors (Lipinski definition) is 1. The third-order valence-electron chi connectivity index (χ3n) is 4.57. The van der Waals surface area contributed by atoms with Gasteiger partial charge in [-0.3, -0.25) is 4.98 Å². The van der Waals surface area contributed by atoms with Gasteiger partial charge >= 0.3 is 0 Å². The van der Waals surface area contributed by atoms with Crippen LogP contribution in [-0.4, -0.2) is 31.2 Å². The molecule has 1 N–H and O–H groups in total. The SMILES string of the molecule is N#Cc1cnc2ccccc2c1N1CC2CNCC2C1. The molecule has 0 radical (unpaired) electrons. The van der Waals surface area contributed by atoms with Crippen LogP contribution < -0.4 is 10.2 Å². The number of hydrogen-bond acceptors (Lipinski definition) is 4. The Balaban J connectivity index is 1.84. The van der Waals surface area contributed by atoms with Crippen molar-refractivity contribution in [1.29, 1.82) is 5.26 Å². The number of nitrogens with zero attached hydrogens (tertiary/aromatic N) is 3. The second-order valence-electron chi connectivity index (χ2n) is 5.73. The smallest absolute Gasteiger partial charge is 0.103 e. The van der Waals surface area contributed by atoms with Gasteiger partial charge in [-0.1, -0.05) is 18.2 Å². The first-order valence-corrected chi connectivity index (χ1v) is 7.10. The molecule has 3 heterocycles. The van der Waals surface area contributed by atoms with Gasteiger partial charge in [0.05, 0.1) is 16.8 Å². The molecule has 2 saturated heterocycles. The highest BCUT2D eigenvalue weighted by atomic mass is 15.2. The van der Waals surface area contributed by atoms with Gasteiger partial charge in [-0.05, 0) is 17.9 Å². The van der Waals surface area contributed by atoms with E-state index in [4.69, 9.17) is 0 Å². The molecule has 4 nitrogen and oxygen atoms in total. The maximum Gasteiger partial charge on any atom is 0.103 e. The van der Waals surface area contributed by atoms with E-state index in [1.165, 1.54) is 0 Å². The van der Waals surface area contributed by atoms with Crippen molar-refractivity contribution < 1.29 is 0 Å². The second kappa shape index (κ2) is 4.46. The van der Waals surface area contributed by atoms with Gasteiger partial charge in [0.25, 0.3) is 0 Å². The van der Waals surface area contributed by atoms with E-state index in [1.807, 2.05) is 18.2 Å². The van der Waals surface area contributed by atoms with Crippen LogP contribution in [0.15, 0.2) is 30.5 Å². The Hall–Kier alpha value is -2.12. The molecule has 2 aliphatic heterocycles. The first-order valence-electron chi connectivity index (χ1n) is 7.10. The highest BCUT2D eigenvalue weighted by Gasteiger charge is 2.37. The maximum absolute atomic E-state index is 9.41. The molecule has 2 fully saturated rings. The summed E-state index contributed by atoms with van der Waals surface area (Å²) >= 11 is 0. The maximum atomic E-state index is 9.41. The van der Waals surface area contributed by atoms with E-state index < -0.39 is 0 Å². The highest BCUT2D eigenvalue weighted by molar-refractivity contribution is 5.94. The fourth-order valence-electron chi connectivity index (χ4n) is 3.59. The monoisotopic (exact) mass is 264 g/mol. The summed E-state index contributed by atoms with van der Waals surface area (Å²) in [5.41, 5.74) is 2.74. The van der Waals surface area contributed by atoms with Gasteiger partial charge in [-0.15, -0.1) is 0 Å². The summed E-state index contributed by atoms with van der Waals surface area (Å²) in [4.78, 5) is 6.78. The summed E-state index contributed by atoms with van der Waals surface area (Å²) in [6, 6.07) is 10.4. The van der Waals surface area contributed by atoms with Crippen molar-refractivity contribution in [2.75, 3.05) is 31.1 Å². The van der Waals surface area contributed by atoms with Crippen LogP contribution in [0.4, 0.5) is 5.69 Å². The predicted octanol–water partition coefficient (Wildman–Crippen LogP) is 1.76. The van der Waals surface area contributed by atoms with Crippen LogP contribution in [0.1, 0.15) is 5.56 Å². The molecule has 1 aromatic carbocycles. The number of aromatic nitrogens is 1. The number of benzene rings is 1. The van der Waals surface area contributed by atoms with Crippen LogP contribution in [0, 0.1) is 23.2 Å². The molecule has 0 amide bonds. The molecular formula is C16H16N4. The average molecular weight is 264 g/mol. The van der Waals surface area contributed by atoms with Gasteiger partial charge in [0.2, 0.25) is 0 Å². The quantitative estimate of drug-likeness (QED) is 0.852. The van der Waals surface area contributed by atoms with E-state index in [1.54, 1.807) is 6.20 Å². The number of nitriles is 1. The van der Waals surface area contributed by atoms with Crippen LogP contribution in [0.2, 0.25) is 0 Å². The Morgan fingerprint density at radius 3 is 2.70 bits per heavy atom. The third-order valence-corrected chi connectivity index (χ3v) is 4.57. The molecule has 0 saturated carbocycles. The van der Waals surface area contributed by atoms with Gasteiger partial charge < -0.3 is 10.2 Å². The van der Waals surface area contributed by atoms with Crippen LogP contribution in [0.5, 0.6) is 0 Å². The molecule has 4 rings (SSSR count). The lowest BCUT2D eigenvalue weighted by molar-refractivity contribution is 0.533. The minimum absolute atomic E-state index is 0.691. The Morgan fingerprint density at radius 1 is 1.20 bits per heavy atom. The van der Waals surface area contributed by atoms with Crippen molar-refractivity contribution in [3.63, 3.8) is 0 Å². The van der Waals surface area contributed by atoms with Crippen LogP contribution >= 0.6 is 0 Å². The van der Waals surface area contributed by atoms with Crippen LogP contribution in [0.25, 0.3) is 10.9 Å². The van der Waals surface area contributed by atoms with E-state index in [2.05, 4.69) is 27.3 Å². The van der Waals surface area contributed by atoms with Gasteiger partial charge in [0.15, 0.2) is 0 Å². The lowest BCUT2D eigenvalue weighted by atomic mass is 10.0. The highest BCUT2D eigenvalue weighted by Crippen LogP contribution is 2.36. The summed E-state index contributed by atoms with van der Waals surface area (Å²) < 4.78 is 0. The number of para-hydroxylation sites is 1. The Morgan fingerprint density at radius 2 is 1.95 bits per heavy atom. The molecule has 2 aromatic rings. The summed E-state index contributed by atoms with van der Waals surface area (Å²) in [5.74, 6) is 1.43. The zero-order valence-electron chi connectivity index (χ0n) is 11.2. The van der Waals surface area contributed by atoms with E-state index in [0.717, 1.165) is 42.8 Å². The summed E-state index contributed by atoms with van der Waals surface area (Å²) in [6.45, 7) is 4.29. The molecule has 4 heteroatoms. The Labute approximate surface area is 118 Å². The number of rotatable bonds is 1. The first-order chi connectivity index (χ1) is 9.86.